The molecule has 0 saturated carbocycles. The number of hydrogen-bond donors (Lipinski definition) is 2. The Labute approximate surface area is 192 Å². The van der Waals surface area contributed by atoms with Crippen molar-refractivity contribution < 1.29 is 9.53 Å². The highest BCUT2D eigenvalue weighted by atomic mass is 16.6. The maximum Gasteiger partial charge on any atom is 0.417 e. The highest BCUT2D eigenvalue weighted by Gasteiger charge is 2.35. The van der Waals surface area contributed by atoms with Crippen LogP contribution in [0.25, 0.3) is 22.0 Å². The number of nitrogens with zero attached hydrogens (tertiary/aromatic N) is 4. The molecule has 2 aromatic carbocycles. The lowest BCUT2D eigenvalue weighted by Gasteiger charge is -2.20. The third kappa shape index (κ3) is 4.00. The minimum absolute atomic E-state index is 0.0555. The highest BCUT2D eigenvalue weighted by molar-refractivity contribution is 5.95. The lowest BCUT2D eigenvalue weighted by Crippen LogP contribution is -2.34. The van der Waals surface area contributed by atoms with E-state index in [0.717, 1.165) is 17.5 Å². The number of cyclic esters (lactones) is 1. The first-order valence-corrected chi connectivity index (χ1v) is 11.1. The van der Waals surface area contributed by atoms with Gasteiger partial charge in [0.25, 0.3) is 0 Å². The van der Waals surface area contributed by atoms with Gasteiger partial charge in [0.1, 0.15) is 12.4 Å². The number of fused-ring (bicyclic) bond motifs is 1. The number of hydrogen-bond acceptors (Lipinski definition) is 6. The van der Waals surface area contributed by atoms with Crippen LogP contribution in [0.1, 0.15) is 37.7 Å². The zero-order valence-electron chi connectivity index (χ0n) is 18.9. The van der Waals surface area contributed by atoms with Crippen LogP contribution in [-0.2, 0) is 4.74 Å². The van der Waals surface area contributed by atoms with Gasteiger partial charge in [0.15, 0.2) is 0 Å². The number of aromatic nitrogens is 4. The van der Waals surface area contributed by atoms with Crippen LogP contribution < -0.4 is 10.2 Å². The Kier molecular flexibility index (Phi) is 5.42. The van der Waals surface area contributed by atoms with Crippen molar-refractivity contribution in [3.8, 4) is 11.1 Å². The Bertz CT molecular complexity index is 1300. The van der Waals surface area contributed by atoms with E-state index < -0.39 is 6.09 Å². The van der Waals surface area contributed by atoms with Crippen LogP contribution in [0.5, 0.6) is 0 Å². The molecule has 0 bridgehead atoms. The molecule has 0 aliphatic carbocycles. The molecule has 33 heavy (non-hydrogen) atoms. The topological polar surface area (TPSA) is 96.0 Å². The van der Waals surface area contributed by atoms with Crippen molar-refractivity contribution >= 4 is 28.9 Å². The van der Waals surface area contributed by atoms with E-state index in [1.165, 1.54) is 21.4 Å². The summed E-state index contributed by atoms with van der Waals surface area (Å²) in [6.07, 6.45) is 2.39. The van der Waals surface area contributed by atoms with Crippen molar-refractivity contribution in [3.05, 3.63) is 66.1 Å². The van der Waals surface area contributed by atoms with Gasteiger partial charge in [-0.2, -0.15) is 15.0 Å². The van der Waals surface area contributed by atoms with Gasteiger partial charge in [0.2, 0.25) is 11.9 Å². The molecule has 1 unspecified atom stereocenters. The molecule has 8 nitrogen and oxygen atoms in total. The number of benzene rings is 2. The molecule has 1 saturated heterocycles. The minimum Gasteiger partial charge on any atom is -0.447 e. The molecule has 0 spiro atoms. The van der Waals surface area contributed by atoms with Crippen molar-refractivity contribution in [2.45, 2.75) is 39.3 Å². The number of aromatic amines is 1. The first-order valence-electron chi connectivity index (χ1n) is 11.1. The average Bonchev–Trinajstić information content (AvgIpc) is 3.41. The van der Waals surface area contributed by atoms with Crippen molar-refractivity contribution in [1.82, 2.24) is 19.9 Å². The van der Waals surface area contributed by atoms with Crippen LogP contribution >= 0.6 is 0 Å². The Morgan fingerprint density at radius 1 is 1.18 bits per heavy atom. The van der Waals surface area contributed by atoms with Gasteiger partial charge in [-0.1, -0.05) is 49.4 Å². The van der Waals surface area contributed by atoms with E-state index in [9.17, 15) is 4.79 Å². The Morgan fingerprint density at radius 2 is 2.00 bits per heavy atom. The fraction of sp³-hybridized carbons (Fsp3) is 0.280. The number of carbonyl (C=O) groups is 1. The van der Waals surface area contributed by atoms with Gasteiger partial charge >= 0.3 is 6.09 Å². The molecule has 0 radical (unpaired) electrons. The summed E-state index contributed by atoms with van der Waals surface area (Å²) in [4.78, 5) is 30.5. The molecule has 2 N–H and O–H groups in total. The number of amides is 1. The zero-order chi connectivity index (χ0) is 22.9. The molecule has 4 aromatic rings. The van der Waals surface area contributed by atoms with Gasteiger partial charge < -0.3 is 15.0 Å². The molecular weight excluding hydrogens is 416 g/mol. The SMILES string of the molecule is CC[C@H]1COC(=O)N1c1nc(C)nc(NC(C)c2ccc3c(-c4ccccc4)c[nH]c3c2)n1. The lowest BCUT2D eigenvalue weighted by atomic mass is 10.0. The van der Waals surface area contributed by atoms with Crippen molar-refractivity contribution in [2.75, 3.05) is 16.8 Å². The maximum atomic E-state index is 12.2. The smallest absolute Gasteiger partial charge is 0.417 e. The number of carbonyl (C=O) groups excluding carboxylic acids is 1. The third-order valence-corrected chi connectivity index (χ3v) is 6.02. The van der Waals surface area contributed by atoms with Gasteiger partial charge in [0.05, 0.1) is 12.1 Å². The van der Waals surface area contributed by atoms with Gasteiger partial charge in [-0.25, -0.2) is 9.69 Å². The van der Waals surface area contributed by atoms with Crippen LogP contribution in [0.3, 0.4) is 0 Å². The van der Waals surface area contributed by atoms with Crippen molar-refractivity contribution in [3.63, 3.8) is 0 Å². The molecule has 1 aliphatic heterocycles. The fourth-order valence-electron chi connectivity index (χ4n) is 4.19. The van der Waals surface area contributed by atoms with E-state index in [4.69, 9.17) is 4.74 Å². The number of aryl methyl sites for hydroxylation is 1. The first-order chi connectivity index (χ1) is 16.0. The Balaban J connectivity index is 1.40. The zero-order valence-corrected chi connectivity index (χ0v) is 18.9. The van der Waals surface area contributed by atoms with Gasteiger partial charge in [-0.05, 0) is 37.5 Å². The number of rotatable bonds is 6. The second kappa shape index (κ2) is 8.54. The van der Waals surface area contributed by atoms with E-state index in [-0.39, 0.29) is 12.1 Å². The monoisotopic (exact) mass is 442 g/mol. The molecule has 2 atom stereocenters. The second-order valence-corrected chi connectivity index (χ2v) is 8.25. The van der Waals surface area contributed by atoms with E-state index in [0.29, 0.717) is 24.3 Å². The average molecular weight is 443 g/mol. The molecule has 5 rings (SSSR count). The molecule has 168 valence electrons. The molecule has 1 fully saturated rings. The molecule has 1 aliphatic rings. The standard InChI is InChI=1S/C25H26N6O2/c1-4-19-14-33-25(32)31(19)24-29-16(3)28-23(30-24)27-15(2)18-10-11-20-21(13-26-22(20)12-18)17-8-6-5-7-9-17/h5-13,15,19,26H,4,14H2,1-3H3,(H,27,28,29,30)/t15?,19-/m0/s1. The number of anilines is 2. The molecule has 3 heterocycles. The van der Waals surface area contributed by atoms with Crippen molar-refractivity contribution in [2.24, 2.45) is 0 Å². The van der Waals surface area contributed by atoms with Crippen LogP contribution in [0.4, 0.5) is 16.7 Å². The normalized spacial score (nSPS) is 16.8. The maximum absolute atomic E-state index is 12.2. The predicted molar refractivity (Wildman–Crippen MR) is 128 cm³/mol. The van der Waals surface area contributed by atoms with E-state index >= 15 is 0 Å². The molecular formula is C25H26N6O2. The quantitative estimate of drug-likeness (QED) is 0.424. The van der Waals surface area contributed by atoms with E-state index in [2.05, 4.69) is 62.5 Å². The van der Waals surface area contributed by atoms with Gasteiger partial charge in [-0.3, -0.25) is 0 Å². The van der Waals surface area contributed by atoms with Crippen LogP contribution in [-0.4, -0.2) is 38.7 Å². The summed E-state index contributed by atoms with van der Waals surface area (Å²) >= 11 is 0. The van der Waals surface area contributed by atoms with Crippen LogP contribution in [0.15, 0.2) is 54.7 Å². The summed E-state index contributed by atoms with van der Waals surface area (Å²) in [7, 11) is 0. The summed E-state index contributed by atoms with van der Waals surface area (Å²) in [5.74, 6) is 1.28. The van der Waals surface area contributed by atoms with Crippen LogP contribution in [0.2, 0.25) is 0 Å². The Morgan fingerprint density at radius 3 is 2.79 bits per heavy atom. The van der Waals surface area contributed by atoms with E-state index in [1.807, 2.05) is 31.3 Å². The summed E-state index contributed by atoms with van der Waals surface area (Å²) in [5.41, 5.74) is 4.52. The number of nitrogens with one attached hydrogen (secondary N) is 2. The predicted octanol–water partition coefficient (Wildman–Crippen LogP) is 5.24. The van der Waals surface area contributed by atoms with Crippen molar-refractivity contribution in [1.29, 1.82) is 0 Å². The highest BCUT2D eigenvalue weighted by Crippen LogP contribution is 2.31. The fourth-order valence-corrected chi connectivity index (χ4v) is 4.19. The van der Waals surface area contributed by atoms with Crippen LogP contribution in [0, 0.1) is 6.92 Å². The summed E-state index contributed by atoms with van der Waals surface area (Å²) in [6.45, 7) is 6.20. The molecule has 1 amide bonds. The first kappa shape index (κ1) is 20.9. The largest absolute Gasteiger partial charge is 0.447 e. The molecule has 2 aromatic heterocycles. The van der Waals surface area contributed by atoms with Gasteiger partial charge in [-0.15, -0.1) is 0 Å². The Hall–Kier alpha value is -3.94. The number of ether oxygens (including phenoxy) is 1. The summed E-state index contributed by atoms with van der Waals surface area (Å²) in [5, 5.41) is 4.53. The minimum atomic E-state index is -0.419. The van der Waals surface area contributed by atoms with Gasteiger partial charge in [0, 0.05) is 22.7 Å². The number of H-pyrrole nitrogens is 1. The lowest BCUT2D eigenvalue weighted by molar-refractivity contribution is 0.178. The third-order valence-electron chi connectivity index (χ3n) is 6.02. The molecule has 8 heteroatoms. The summed E-state index contributed by atoms with van der Waals surface area (Å²) in [6, 6.07) is 16.6. The summed E-state index contributed by atoms with van der Waals surface area (Å²) < 4.78 is 5.19. The van der Waals surface area contributed by atoms with E-state index in [1.54, 1.807) is 6.92 Å². The second-order valence-electron chi connectivity index (χ2n) is 8.25.